The third-order valence-electron chi connectivity index (χ3n) is 2.82. The zero-order valence-corrected chi connectivity index (χ0v) is 9.81. The van der Waals surface area contributed by atoms with Crippen molar-refractivity contribution in [1.29, 1.82) is 0 Å². The summed E-state index contributed by atoms with van der Waals surface area (Å²) in [5, 5.41) is 2.86. The molecule has 1 N–H and O–H groups in total. The summed E-state index contributed by atoms with van der Waals surface area (Å²) in [7, 11) is 0. The average Bonchev–Trinajstić information content (AvgIpc) is 2.21. The molecule has 0 bridgehead atoms. The number of hydrogen-bond donors (Lipinski definition) is 1. The number of alkyl halides is 5. The molecule has 1 saturated carbocycles. The zero-order valence-electron chi connectivity index (χ0n) is 9.81. The summed E-state index contributed by atoms with van der Waals surface area (Å²) in [5.74, 6) is -2.93. The van der Waals surface area contributed by atoms with Gasteiger partial charge in [0.25, 0.3) is 5.92 Å². The molecule has 0 heterocycles. The first kappa shape index (κ1) is 14.0. The largest absolute Gasteiger partial charge is 0.573 e. The Balaban J connectivity index is 1.86. The summed E-state index contributed by atoms with van der Waals surface area (Å²) in [5.41, 5.74) is 0.553. The first-order chi connectivity index (χ1) is 8.73. The molecule has 0 saturated heterocycles. The molecule has 1 fully saturated rings. The Morgan fingerprint density at radius 2 is 1.95 bits per heavy atom. The molecular formula is C12H12F5NO. The van der Waals surface area contributed by atoms with E-state index >= 15 is 0 Å². The molecule has 19 heavy (non-hydrogen) atoms. The van der Waals surface area contributed by atoms with Crippen molar-refractivity contribution < 1.29 is 26.7 Å². The van der Waals surface area contributed by atoms with Crippen LogP contribution >= 0.6 is 0 Å². The molecule has 2 nitrogen and oxygen atoms in total. The van der Waals surface area contributed by atoms with E-state index in [1.165, 1.54) is 18.2 Å². The fourth-order valence-corrected chi connectivity index (χ4v) is 1.92. The molecule has 1 aromatic carbocycles. The first-order valence-electron chi connectivity index (χ1n) is 5.69. The Morgan fingerprint density at radius 3 is 2.53 bits per heavy atom. The Bertz CT molecular complexity index is 438. The third-order valence-corrected chi connectivity index (χ3v) is 2.82. The lowest BCUT2D eigenvalue weighted by atomic mass is 9.88. The van der Waals surface area contributed by atoms with Crippen LogP contribution in [0, 0.1) is 0 Å². The summed E-state index contributed by atoms with van der Waals surface area (Å²) in [6.45, 7) is 0.232. The summed E-state index contributed by atoms with van der Waals surface area (Å²) >= 11 is 0. The Morgan fingerprint density at radius 1 is 1.26 bits per heavy atom. The highest BCUT2D eigenvalue weighted by atomic mass is 19.4. The highest BCUT2D eigenvalue weighted by molar-refractivity contribution is 5.28. The number of halogens is 5. The topological polar surface area (TPSA) is 21.3 Å². The predicted octanol–water partition coefficient (Wildman–Crippen LogP) is 3.47. The number of ether oxygens (including phenoxy) is 1. The molecule has 1 aromatic rings. The SMILES string of the molecule is FC1(F)CC(NCc2cccc(OC(F)(F)F)c2)C1. The number of benzene rings is 1. The minimum Gasteiger partial charge on any atom is -0.406 e. The predicted molar refractivity (Wildman–Crippen MR) is 57.9 cm³/mol. The van der Waals surface area contributed by atoms with Gasteiger partial charge in [-0.05, 0) is 17.7 Å². The van der Waals surface area contributed by atoms with E-state index in [9.17, 15) is 22.0 Å². The molecule has 106 valence electrons. The minimum absolute atomic E-state index is 0.230. The van der Waals surface area contributed by atoms with Gasteiger partial charge >= 0.3 is 6.36 Å². The van der Waals surface area contributed by atoms with Gasteiger partial charge in [-0.3, -0.25) is 0 Å². The van der Waals surface area contributed by atoms with Crippen molar-refractivity contribution in [3.05, 3.63) is 29.8 Å². The smallest absolute Gasteiger partial charge is 0.406 e. The molecule has 0 spiro atoms. The lowest BCUT2D eigenvalue weighted by Crippen LogP contribution is -2.48. The molecule has 0 radical (unpaired) electrons. The van der Waals surface area contributed by atoms with E-state index in [-0.39, 0.29) is 31.2 Å². The molecule has 0 unspecified atom stereocenters. The van der Waals surface area contributed by atoms with Crippen LogP contribution in [-0.4, -0.2) is 18.3 Å². The van der Waals surface area contributed by atoms with E-state index in [2.05, 4.69) is 10.1 Å². The van der Waals surface area contributed by atoms with Gasteiger partial charge < -0.3 is 10.1 Å². The van der Waals surface area contributed by atoms with E-state index in [0.717, 1.165) is 0 Å². The lowest BCUT2D eigenvalue weighted by molar-refractivity contribution is -0.274. The van der Waals surface area contributed by atoms with E-state index < -0.39 is 12.3 Å². The van der Waals surface area contributed by atoms with Crippen LogP contribution in [0.2, 0.25) is 0 Å². The molecule has 7 heteroatoms. The molecule has 0 aliphatic heterocycles. The van der Waals surface area contributed by atoms with Crippen molar-refractivity contribution in [2.75, 3.05) is 0 Å². The summed E-state index contributed by atoms with van der Waals surface area (Å²) < 4.78 is 65.0. The van der Waals surface area contributed by atoms with Crippen LogP contribution in [0.3, 0.4) is 0 Å². The molecule has 0 amide bonds. The highest BCUT2D eigenvalue weighted by Gasteiger charge is 2.44. The average molecular weight is 281 g/mol. The van der Waals surface area contributed by atoms with E-state index in [4.69, 9.17) is 0 Å². The van der Waals surface area contributed by atoms with Crippen molar-refractivity contribution in [1.82, 2.24) is 5.32 Å². The van der Waals surface area contributed by atoms with Crippen LogP contribution < -0.4 is 10.1 Å². The molecule has 2 rings (SSSR count). The number of hydrogen-bond acceptors (Lipinski definition) is 2. The summed E-state index contributed by atoms with van der Waals surface area (Å²) in [6.07, 6.45) is -5.19. The Hall–Kier alpha value is -1.37. The third kappa shape index (κ3) is 4.34. The first-order valence-corrected chi connectivity index (χ1v) is 5.69. The highest BCUT2D eigenvalue weighted by Crippen LogP contribution is 2.37. The molecule has 1 aliphatic rings. The zero-order chi connectivity index (χ0) is 14.1. The van der Waals surface area contributed by atoms with Crippen LogP contribution in [0.1, 0.15) is 18.4 Å². The van der Waals surface area contributed by atoms with Crippen molar-refractivity contribution in [2.45, 2.75) is 37.7 Å². The molecule has 0 aromatic heterocycles. The Kier molecular flexibility index (Phi) is 3.66. The van der Waals surface area contributed by atoms with Gasteiger partial charge in [0, 0.05) is 25.4 Å². The van der Waals surface area contributed by atoms with Crippen LogP contribution in [0.5, 0.6) is 5.75 Å². The van der Waals surface area contributed by atoms with Gasteiger partial charge in [-0.2, -0.15) is 0 Å². The maximum atomic E-state index is 12.6. The van der Waals surface area contributed by atoms with Crippen molar-refractivity contribution in [3.63, 3.8) is 0 Å². The van der Waals surface area contributed by atoms with Crippen LogP contribution in [0.15, 0.2) is 24.3 Å². The second kappa shape index (κ2) is 4.96. The second-order valence-corrected chi connectivity index (χ2v) is 4.54. The van der Waals surface area contributed by atoms with Crippen LogP contribution in [0.4, 0.5) is 22.0 Å². The number of nitrogens with one attached hydrogen (secondary N) is 1. The van der Waals surface area contributed by atoms with Crippen molar-refractivity contribution in [3.8, 4) is 5.75 Å². The fourth-order valence-electron chi connectivity index (χ4n) is 1.92. The Labute approximate surface area is 106 Å². The normalized spacial score (nSPS) is 19.0. The molecular weight excluding hydrogens is 269 g/mol. The number of rotatable bonds is 4. The summed E-state index contributed by atoms with van der Waals surface area (Å²) in [6, 6.07) is 5.16. The van der Waals surface area contributed by atoms with E-state index in [0.29, 0.717) is 5.56 Å². The van der Waals surface area contributed by atoms with Crippen LogP contribution in [0.25, 0.3) is 0 Å². The van der Waals surface area contributed by atoms with Crippen molar-refractivity contribution >= 4 is 0 Å². The maximum Gasteiger partial charge on any atom is 0.573 e. The van der Waals surface area contributed by atoms with Crippen LogP contribution in [-0.2, 0) is 6.54 Å². The quantitative estimate of drug-likeness (QED) is 0.853. The van der Waals surface area contributed by atoms with E-state index in [1.807, 2.05) is 0 Å². The van der Waals surface area contributed by atoms with Gasteiger partial charge in [0.05, 0.1) is 0 Å². The summed E-state index contributed by atoms with van der Waals surface area (Å²) in [4.78, 5) is 0. The lowest BCUT2D eigenvalue weighted by Gasteiger charge is -2.35. The standard InChI is InChI=1S/C12H12F5NO/c13-11(14)5-9(6-11)18-7-8-2-1-3-10(4-8)19-12(15,16)17/h1-4,9,18H,5-7H2. The van der Waals surface area contributed by atoms with Gasteiger partial charge in [0.1, 0.15) is 5.75 Å². The second-order valence-electron chi connectivity index (χ2n) is 4.54. The fraction of sp³-hybridized carbons (Fsp3) is 0.500. The maximum absolute atomic E-state index is 12.6. The monoisotopic (exact) mass is 281 g/mol. The van der Waals surface area contributed by atoms with Gasteiger partial charge in [-0.25, -0.2) is 8.78 Å². The minimum atomic E-state index is -4.73. The molecule has 0 atom stereocenters. The van der Waals surface area contributed by atoms with Gasteiger partial charge in [-0.15, -0.1) is 13.2 Å². The van der Waals surface area contributed by atoms with Gasteiger partial charge in [0.2, 0.25) is 0 Å². The van der Waals surface area contributed by atoms with Gasteiger partial charge in [-0.1, -0.05) is 12.1 Å². The van der Waals surface area contributed by atoms with Crippen molar-refractivity contribution in [2.24, 2.45) is 0 Å². The molecule has 1 aliphatic carbocycles. The van der Waals surface area contributed by atoms with E-state index in [1.54, 1.807) is 6.07 Å². The van der Waals surface area contributed by atoms with Gasteiger partial charge in [0.15, 0.2) is 0 Å².